The zero-order valence-electron chi connectivity index (χ0n) is 9.16. The fourth-order valence-electron chi connectivity index (χ4n) is 2.09. The first-order valence-corrected chi connectivity index (χ1v) is 6.16. The summed E-state index contributed by atoms with van der Waals surface area (Å²) in [5.74, 6) is 0.194. The predicted octanol–water partition coefficient (Wildman–Crippen LogP) is 3.40. The molecule has 1 aliphatic rings. The standard InChI is InChI=1S/C13H16ClFO/c14-12(11-5-3-7-16-9-11)8-10-4-1-2-6-13(10)15/h1-2,4,6,11-12H,3,5,7-9H2. The molecule has 2 rings (SSSR count). The number of ether oxygens (including phenoxy) is 1. The fourth-order valence-corrected chi connectivity index (χ4v) is 2.46. The van der Waals surface area contributed by atoms with Crippen molar-refractivity contribution >= 4 is 11.6 Å². The van der Waals surface area contributed by atoms with Crippen LogP contribution in [0.4, 0.5) is 4.39 Å². The van der Waals surface area contributed by atoms with Crippen molar-refractivity contribution < 1.29 is 9.13 Å². The molecular formula is C13H16ClFO. The van der Waals surface area contributed by atoms with E-state index in [0.717, 1.165) is 19.4 Å². The zero-order chi connectivity index (χ0) is 11.4. The Hall–Kier alpha value is -0.600. The van der Waals surface area contributed by atoms with Crippen LogP contribution in [0.25, 0.3) is 0 Å². The average molecular weight is 243 g/mol. The van der Waals surface area contributed by atoms with Crippen LogP contribution in [0, 0.1) is 11.7 Å². The quantitative estimate of drug-likeness (QED) is 0.739. The minimum atomic E-state index is -0.162. The molecule has 1 aromatic carbocycles. The summed E-state index contributed by atoms with van der Waals surface area (Å²) in [6.07, 6.45) is 2.73. The molecule has 1 fully saturated rings. The Bertz CT molecular complexity index is 336. The number of hydrogen-bond acceptors (Lipinski definition) is 1. The van der Waals surface area contributed by atoms with E-state index in [0.29, 0.717) is 24.5 Å². The largest absolute Gasteiger partial charge is 0.381 e. The van der Waals surface area contributed by atoms with Gasteiger partial charge in [-0.25, -0.2) is 4.39 Å². The Morgan fingerprint density at radius 3 is 2.94 bits per heavy atom. The van der Waals surface area contributed by atoms with E-state index in [4.69, 9.17) is 16.3 Å². The first-order valence-electron chi connectivity index (χ1n) is 5.72. The van der Waals surface area contributed by atoms with Crippen LogP contribution in [0.5, 0.6) is 0 Å². The van der Waals surface area contributed by atoms with Gasteiger partial charge in [0, 0.05) is 12.0 Å². The molecule has 88 valence electrons. The van der Waals surface area contributed by atoms with Crippen LogP contribution in [0.15, 0.2) is 24.3 Å². The topological polar surface area (TPSA) is 9.23 Å². The average Bonchev–Trinajstić information content (AvgIpc) is 2.33. The highest BCUT2D eigenvalue weighted by Crippen LogP contribution is 2.25. The van der Waals surface area contributed by atoms with E-state index in [9.17, 15) is 4.39 Å². The smallest absolute Gasteiger partial charge is 0.126 e. The maximum Gasteiger partial charge on any atom is 0.126 e. The third kappa shape index (κ3) is 2.96. The summed E-state index contributed by atoms with van der Waals surface area (Å²) in [7, 11) is 0. The van der Waals surface area contributed by atoms with E-state index in [1.165, 1.54) is 6.07 Å². The predicted molar refractivity (Wildman–Crippen MR) is 63.3 cm³/mol. The number of benzene rings is 1. The molecule has 1 nitrogen and oxygen atoms in total. The van der Waals surface area contributed by atoms with Gasteiger partial charge >= 0.3 is 0 Å². The molecule has 16 heavy (non-hydrogen) atoms. The van der Waals surface area contributed by atoms with Crippen molar-refractivity contribution in [2.24, 2.45) is 5.92 Å². The van der Waals surface area contributed by atoms with Gasteiger partial charge in [-0.1, -0.05) is 18.2 Å². The highest BCUT2D eigenvalue weighted by molar-refractivity contribution is 6.20. The lowest BCUT2D eigenvalue weighted by Crippen LogP contribution is -2.27. The highest BCUT2D eigenvalue weighted by atomic mass is 35.5. The lowest BCUT2D eigenvalue weighted by atomic mass is 9.94. The minimum Gasteiger partial charge on any atom is -0.381 e. The summed E-state index contributed by atoms with van der Waals surface area (Å²) >= 11 is 6.32. The van der Waals surface area contributed by atoms with E-state index in [2.05, 4.69) is 0 Å². The molecule has 0 saturated carbocycles. The Morgan fingerprint density at radius 1 is 1.44 bits per heavy atom. The molecule has 2 unspecified atom stereocenters. The molecule has 0 spiro atoms. The molecule has 1 aliphatic heterocycles. The van der Waals surface area contributed by atoms with Crippen molar-refractivity contribution in [2.45, 2.75) is 24.6 Å². The van der Waals surface area contributed by atoms with Crippen LogP contribution >= 0.6 is 11.6 Å². The van der Waals surface area contributed by atoms with Gasteiger partial charge < -0.3 is 4.74 Å². The second kappa shape index (κ2) is 5.65. The van der Waals surface area contributed by atoms with Crippen LogP contribution in [0.3, 0.4) is 0 Å². The molecule has 1 saturated heterocycles. The molecule has 1 heterocycles. The molecular weight excluding hydrogens is 227 g/mol. The lowest BCUT2D eigenvalue weighted by molar-refractivity contribution is 0.0532. The number of rotatable bonds is 3. The molecule has 0 radical (unpaired) electrons. The summed E-state index contributed by atoms with van der Waals surface area (Å²) < 4.78 is 18.8. The summed E-state index contributed by atoms with van der Waals surface area (Å²) in [6.45, 7) is 1.54. The van der Waals surface area contributed by atoms with Crippen LogP contribution in [0.2, 0.25) is 0 Å². The Morgan fingerprint density at radius 2 is 2.25 bits per heavy atom. The molecule has 0 bridgehead atoms. The third-order valence-electron chi connectivity index (χ3n) is 3.08. The SMILES string of the molecule is Fc1ccccc1CC(Cl)C1CCCOC1. The first kappa shape index (κ1) is 11.9. The summed E-state index contributed by atoms with van der Waals surface area (Å²) in [5.41, 5.74) is 0.702. The van der Waals surface area contributed by atoms with Gasteiger partial charge in [-0.2, -0.15) is 0 Å². The lowest BCUT2D eigenvalue weighted by Gasteiger charge is -2.26. The van der Waals surface area contributed by atoms with Crippen molar-refractivity contribution in [3.8, 4) is 0 Å². The number of halogens is 2. The van der Waals surface area contributed by atoms with E-state index in [1.54, 1.807) is 12.1 Å². The fraction of sp³-hybridized carbons (Fsp3) is 0.538. The number of hydrogen-bond donors (Lipinski definition) is 0. The molecule has 0 amide bonds. The van der Waals surface area contributed by atoms with Crippen molar-refractivity contribution in [1.82, 2.24) is 0 Å². The maximum absolute atomic E-state index is 13.4. The van der Waals surface area contributed by atoms with Gasteiger partial charge in [-0.3, -0.25) is 0 Å². The molecule has 0 aromatic heterocycles. The molecule has 3 heteroatoms. The summed E-state index contributed by atoms with van der Waals surface area (Å²) in [4.78, 5) is 0. The Labute approximate surface area is 101 Å². The van der Waals surface area contributed by atoms with Crippen LogP contribution in [-0.4, -0.2) is 18.6 Å². The second-order valence-electron chi connectivity index (χ2n) is 4.29. The normalized spacial score (nSPS) is 23.0. The van der Waals surface area contributed by atoms with Gasteiger partial charge in [-0.15, -0.1) is 11.6 Å². The van der Waals surface area contributed by atoms with E-state index >= 15 is 0 Å². The van der Waals surface area contributed by atoms with Gasteiger partial charge in [0.25, 0.3) is 0 Å². The van der Waals surface area contributed by atoms with Crippen molar-refractivity contribution in [1.29, 1.82) is 0 Å². The summed E-state index contributed by atoms with van der Waals surface area (Å²) in [6, 6.07) is 6.83. The van der Waals surface area contributed by atoms with Crippen LogP contribution < -0.4 is 0 Å². The summed E-state index contributed by atoms with van der Waals surface area (Å²) in [5, 5.41) is -0.0304. The third-order valence-corrected chi connectivity index (χ3v) is 3.59. The van der Waals surface area contributed by atoms with Crippen LogP contribution in [-0.2, 0) is 11.2 Å². The second-order valence-corrected chi connectivity index (χ2v) is 4.85. The van der Waals surface area contributed by atoms with Gasteiger partial charge in [0.2, 0.25) is 0 Å². The zero-order valence-corrected chi connectivity index (χ0v) is 9.92. The van der Waals surface area contributed by atoms with E-state index < -0.39 is 0 Å². The van der Waals surface area contributed by atoms with E-state index in [-0.39, 0.29) is 11.2 Å². The molecule has 1 aromatic rings. The number of alkyl halides is 1. The highest BCUT2D eigenvalue weighted by Gasteiger charge is 2.23. The van der Waals surface area contributed by atoms with Gasteiger partial charge in [-0.05, 0) is 36.8 Å². The molecule has 2 atom stereocenters. The Kier molecular flexibility index (Phi) is 4.19. The monoisotopic (exact) mass is 242 g/mol. The van der Waals surface area contributed by atoms with Gasteiger partial charge in [0.15, 0.2) is 0 Å². The van der Waals surface area contributed by atoms with Crippen molar-refractivity contribution in [3.63, 3.8) is 0 Å². The molecule has 0 N–H and O–H groups in total. The Balaban J connectivity index is 1.96. The van der Waals surface area contributed by atoms with Crippen molar-refractivity contribution in [2.75, 3.05) is 13.2 Å². The van der Waals surface area contributed by atoms with Crippen LogP contribution in [0.1, 0.15) is 18.4 Å². The van der Waals surface area contributed by atoms with Crippen molar-refractivity contribution in [3.05, 3.63) is 35.6 Å². The first-order chi connectivity index (χ1) is 7.77. The van der Waals surface area contributed by atoms with Gasteiger partial charge in [0.1, 0.15) is 5.82 Å². The minimum absolute atomic E-state index is 0.0304. The van der Waals surface area contributed by atoms with Gasteiger partial charge in [0.05, 0.1) is 6.61 Å². The molecule has 0 aliphatic carbocycles. The van der Waals surface area contributed by atoms with E-state index in [1.807, 2.05) is 6.07 Å². The maximum atomic E-state index is 13.4.